The van der Waals surface area contributed by atoms with Gasteiger partial charge in [-0.2, -0.15) is 5.26 Å². The highest BCUT2D eigenvalue weighted by molar-refractivity contribution is 5.25. The van der Waals surface area contributed by atoms with Gasteiger partial charge in [0.05, 0.1) is 6.07 Å². The number of hydrogen-bond donors (Lipinski definition) is 1. The van der Waals surface area contributed by atoms with Gasteiger partial charge in [-0.05, 0) is 49.3 Å². The molecule has 0 aliphatic heterocycles. The summed E-state index contributed by atoms with van der Waals surface area (Å²) in [5.74, 6) is -0.153. The van der Waals surface area contributed by atoms with Crippen molar-refractivity contribution in [2.75, 3.05) is 6.54 Å². The van der Waals surface area contributed by atoms with Gasteiger partial charge < -0.3 is 5.32 Å². The van der Waals surface area contributed by atoms with E-state index in [0.717, 1.165) is 24.9 Å². The SMILES string of the molecule is Cc1ccc(C(C)NCC2(CC#N)CC2)cc1F. The number of aryl methyl sites for hydroxylation is 1. The number of nitrogens with zero attached hydrogens (tertiary/aromatic N) is 1. The molecular formula is C15H19FN2. The van der Waals surface area contributed by atoms with Gasteiger partial charge >= 0.3 is 0 Å². The second-order valence-corrected chi connectivity index (χ2v) is 5.45. The minimum atomic E-state index is -0.153. The van der Waals surface area contributed by atoms with Crippen LogP contribution in [0.2, 0.25) is 0 Å². The van der Waals surface area contributed by atoms with Gasteiger partial charge in [-0.3, -0.25) is 0 Å². The van der Waals surface area contributed by atoms with Crippen molar-refractivity contribution in [3.63, 3.8) is 0 Å². The third kappa shape index (κ3) is 2.88. The third-order valence-corrected chi connectivity index (χ3v) is 3.89. The Bertz CT molecular complexity index is 472. The monoisotopic (exact) mass is 246 g/mol. The lowest BCUT2D eigenvalue weighted by molar-refractivity contribution is 0.432. The highest BCUT2D eigenvalue weighted by atomic mass is 19.1. The summed E-state index contributed by atoms with van der Waals surface area (Å²) in [5.41, 5.74) is 1.83. The number of rotatable bonds is 5. The Hall–Kier alpha value is -1.40. The van der Waals surface area contributed by atoms with Crippen LogP contribution in [0.25, 0.3) is 0 Å². The molecule has 1 aliphatic carbocycles. The Morgan fingerprint density at radius 1 is 1.50 bits per heavy atom. The molecule has 1 atom stereocenters. The number of benzene rings is 1. The van der Waals surface area contributed by atoms with Crippen LogP contribution in [-0.2, 0) is 0 Å². The summed E-state index contributed by atoms with van der Waals surface area (Å²) in [6, 6.07) is 7.74. The average molecular weight is 246 g/mol. The standard InChI is InChI=1S/C15H19FN2/c1-11-3-4-13(9-14(11)16)12(2)18-10-15(5-6-15)7-8-17/h3-4,9,12,18H,5-7,10H2,1-2H3. The fourth-order valence-corrected chi connectivity index (χ4v) is 2.13. The molecule has 0 heterocycles. The molecule has 1 aromatic carbocycles. The summed E-state index contributed by atoms with van der Waals surface area (Å²) in [6.45, 7) is 4.65. The maximum absolute atomic E-state index is 13.5. The van der Waals surface area contributed by atoms with E-state index in [0.29, 0.717) is 12.0 Å². The van der Waals surface area contributed by atoms with E-state index in [4.69, 9.17) is 5.26 Å². The van der Waals surface area contributed by atoms with E-state index in [1.165, 1.54) is 0 Å². The van der Waals surface area contributed by atoms with Crippen molar-refractivity contribution in [3.05, 3.63) is 35.1 Å². The summed E-state index contributed by atoms with van der Waals surface area (Å²) in [4.78, 5) is 0. The first-order chi connectivity index (χ1) is 8.56. The highest BCUT2D eigenvalue weighted by Gasteiger charge is 2.42. The van der Waals surface area contributed by atoms with E-state index in [-0.39, 0.29) is 17.3 Å². The largest absolute Gasteiger partial charge is 0.310 e. The molecule has 1 aromatic rings. The van der Waals surface area contributed by atoms with E-state index in [1.807, 2.05) is 19.1 Å². The molecule has 1 unspecified atom stereocenters. The number of hydrogen-bond acceptors (Lipinski definition) is 2. The molecule has 1 N–H and O–H groups in total. The molecule has 1 aliphatic rings. The van der Waals surface area contributed by atoms with Crippen molar-refractivity contribution in [3.8, 4) is 6.07 Å². The Morgan fingerprint density at radius 2 is 2.22 bits per heavy atom. The Balaban J connectivity index is 1.94. The molecule has 0 saturated heterocycles. The van der Waals surface area contributed by atoms with Gasteiger partial charge in [-0.1, -0.05) is 12.1 Å². The van der Waals surface area contributed by atoms with Crippen LogP contribution in [0.1, 0.15) is 43.4 Å². The van der Waals surface area contributed by atoms with Crippen molar-refractivity contribution in [2.45, 2.75) is 39.2 Å². The van der Waals surface area contributed by atoms with Gasteiger partial charge in [0, 0.05) is 19.0 Å². The van der Waals surface area contributed by atoms with Crippen LogP contribution >= 0.6 is 0 Å². The average Bonchev–Trinajstić information content (AvgIpc) is 3.11. The number of nitrogens with one attached hydrogen (secondary N) is 1. The van der Waals surface area contributed by atoms with Gasteiger partial charge in [0.2, 0.25) is 0 Å². The zero-order valence-electron chi connectivity index (χ0n) is 11.0. The second-order valence-electron chi connectivity index (χ2n) is 5.45. The third-order valence-electron chi connectivity index (χ3n) is 3.89. The molecule has 96 valence electrons. The zero-order valence-corrected chi connectivity index (χ0v) is 11.0. The number of nitriles is 1. The molecule has 0 radical (unpaired) electrons. The van der Waals surface area contributed by atoms with E-state index in [9.17, 15) is 4.39 Å². The first kappa shape index (κ1) is 13.0. The van der Waals surface area contributed by atoms with Crippen molar-refractivity contribution < 1.29 is 4.39 Å². The van der Waals surface area contributed by atoms with Crippen LogP contribution in [0.15, 0.2) is 18.2 Å². The fraction of sp³-hybridized carbons (Fsp3) is 0.533. The number of halogens is 1. The maximum atomic E-state index is 13.5. The van der Waals surface area contributed by atoms with Crippen molar-refractivity contribution in [1.29, 1.82) is 5.26 Å². The predicted molar refractivity (Wildman–Crippen MR) is 69.5 cm³/mol. The molecule has 2 nitrogen and oxygen atoms in total. The smallest absolute Gasteiger partial charge is 0.126 e. The van der Waals surface area contributed by atoms with Crippen LogP contribution in [0.4, 0.5) is 4.39 Å². The summed E-state index contributed by atoms with van der Waals surface area (Å²) >= 11 is 0. The minimum absolute atomic E-state index is 0.122. The van der Waals surface area contributed by atoms with Gasteiger partial charge in [0.15, 0.2) is 0 Å². The van der Waals surface area contributed by atoms with E-state index < -0.39 is 0 Å². The lowest BCUT2D eigenvalue weighted by Gasteiger charge is -2.18. The molecule has 1 fully saturated rings. The lowest BCUT2D eigenvalue weighted by atomic mass is 10.0. The first-order valence-electron chi connectivity index (χ1n) is 6.43. The summed E-state index contributed by atoms with van der Waals surface area (Å²) in [7, 11) is 0. The zero-order chi connectivity index (χ0) is 13.2. The van der Waals surface area contributed by atoms with Gasteiger partial charge in [-0.25, -0.2) is 4.39 Å². The molecule has 0 aromatic heterocycles. The van der Waals surface area contributed by atoms with E-state index >= 15 is 0 Å². The maximum Gasteiger partial charge on any atom is 0.126 e. The highest BCUT2D eigenvalue weighted by Crippen LogP contribution is 2.48. The Labute approximate surface area is 108 Å². The predicted octanol–water partition coefficient (Wildman–Crippen LogP) is 3.48. The molecule has 3 heteroatoms. The molecule has 0 bridgehead atoms. The van der Waals surface area contributed by atoms with Crippen molar-refractivity contribution in [1.82, 2.24) is 5.32 Å². The molecule has 18 heavy (non-hydrogen) atoms. The molecular weight excluding hydrogens is 227 g/mol. The molecule has 0 amide bonds. The quantitative estimate of drug-likeness (QED) is 0.863. The van der Waals surface area contributed by atoms with E-state index in [1.54, 1.807) is 13.0 Å². The van der Waals surface area contributed by atoms with Gasteiger partial charge in [-0.15, -0.1) is 0 Å². The Kier molecular flexibility index (Phi) is 3.68. The normalized spacial score (nSPS) is 18.1. The van der Waals surface area contributed by atoms with Crippen LogP contribution in [0.3, 0.4) is 0 Å². The van der Waals surface area contributed by atoms with Crippen molar-refractivity contribution >= 4 is 0 Å². The van der Waals surface area contributed by atoms with Crippen LogP contribution in [-0.4, -0.2) is 6.54 Å². The molecule has 0 spiro atoms. The van der Waals surface area contributed by atoms with E-state index in [2.05, 4.69) is 11.4 Å². The summed E-state index contributed by atoms with van der Waals surface area (Å²) in [5, 5.41) is 12.2. The summed E-state index contributed by atoms with van der Waals surface area (Å²) < 4.78 is 13.5. The minimum Gasteiger partial charge on any atom is -0.310 e. The topological polar surface area (TPSA) is 35.8 Å². The first-order valence-corrected chi connectivity index (χ1v) is 6.43. The Morgan fingerprint density at radius 3 is 2.78 bits per heavy atom. The second kappa shape index (κ2) is 5.07. The van der Waals surface area contributed by atoms with Crippen LogP contribution in [0.5, 0.6) is 0 Å². The van der Waals surface area contributed by atoms with Crippen LogP contribution in [0, 0.1) is 29.5 Å². The fourth-order valence-electron chi connectivity index (χ4n) is 2.13. The molecule has 2 rings (SSSR count). The molecule has 1 saturated carbocycles. The van der Waals surface area contributed by atoms with Crippen molar-refractivity contribution in [2.24, 2.45) is 5.41 Å². The summed E-state index contributed by atoms with van der Waals surface area (Å²) in [6.07, 6.45) is 2.88. The van der Waals surface area contributed by atoms with Gasteiger partial charge in [0.25, 0.3) is 0 Å². The van der Waals surface area contributed by atoms with Crippen LogP contribution < -0.4 is 5.32 Å². The van der Waals surface area contributed by atoms with Gasteiger partial charge in [0.1, 0.15) is 5.82 Å². The lowest BCUT2D eigenvalue weighted by Crippen LogP contribution is -2.26.